The van der Waals surface area contributed by atoms with Crippen molar-refractivity contribution in [1.82, 2.24) is 0 Å². The molecule has 2 atom stereocenters. The Bertz CT molecular complexity index is 600. The molecule has 0 aromatic heterocycles. The smallest absolute Gasteiger partial charge is 0.200 e. The van der Waals surface area contributed by atoms with Crippen molar-refractivity contribution in [2.24, 2.45) is 11.8 Å². The lowest BCUT2D eigenvalue weighted by atomic mass is 9.75. The number of benzene rings is 1. The van der Waals surface area contributed by atoms with Gasteiger partial charge in [-0.1, -0.05) is 12.1 Å². The van der Waals surface area contributed by atoms with Gasteiger partial charge in [-0.2, -0.15) is 4.39 Å². The quantitative estimate of drug-likeness (QED) is 0.576. The average molecular weight is 364 g/mol. The number of hydrogen-bond acceptors (Lipinski definition) is 2. The van der Waals surface area contributed by atoms with Gasteiger partial charge in [0.2, 0.25) is 5.82 Å². The van der Waals surface area contributed by atoms with Gasteiger partial charge < -0.3 is 9.47 Å². The molecule has 1 saturated heterocycles. The highest BCUT2D eigenvalue weighted by Crippen LogP contribution is 2.42. The van der Waals surface area contributed by atoms with Gasteiger partial charge in [0.25, 0.3) is 0 Å². The molecule has 4 heteroatoms. The molecule has 1 aliphatic carbocycles. The van der Waals surface area contributed by atoms with E-state index in [9.17, 15) is 8.78 Å². The van der Waals surface area contributed by atoms with Crippen molar-refractivity contribution < 1.29 is 18.3 Å². The zero-order valence-corrected chi connectivity index (χ0v) is 15.7. The monoisotopic (exact) mass is 364 g/mol. The molecule has 0 bridgehead atoms. The number of allylic oxidation sites excluding steroid dienone is 1. The Hall–Kier alpha value is -1.42. The van der Waals surface area contributed by atoms with E-state index < -0.39 is 11.6 Å². The van der Waals surface area contributed by atoms with Gasteiger partial charge in [0.05, 0.1) is 13.2 Å². The largest absolute Gasteiger partial charge is 0.494 e. The second-order valence-electron chi connectivity index (χ2n) is 7.78. The maximum absolute atomic E-state index is 14.3. The summed E-state index contributed by atoms with van der Waals surface area (Å²) in [6, 6.07) is 3.22. The summed E-state index contributed by atoms with van der Waals surface area (Å²) < 4.78 is 39.3. The third-order valence-electron chi connectivity index (χ3n) is 6.22. The van der Waals surface area contributed by atoms with Crippen molar-refractivity contribution in [1.29, 1.82) is 0 Å². The lowest BCUT2D eigenvalue weighted by Crippen LogP contribution is -2.34. The molecule has 0 amide bonds. The van der Waals surface area contributed by atoms with Gasteiger partial charge in [-0.25, -0.2) is 4.39 Å². The van der Waals surface area contributed by atoms with Gasteiger partial charge >= 0.3 is 0 Å². The minimum atomic E-state index is -0.867. The SMILES string of the molecule is C=CCCC1CCC(C2CCC(c3ccc(OC)c(F)c3F)CC2)OC1. The van der Waals surface area contributed by atoms with E-state index in [2.05, 4.69) is 6.58 Å². The number of ether oxygens (including phenoxy) is 2. The highest BCUT2D eigenvalue weighted by Gasteiger charge is 2.33. The predicted molar refractivity (Wildman–Crippen MR) is 99.5 cm³/mol. The first kappa shape index (κ1) is 19.3. The van der Waals surface area contributed by atoms with Crippen LogP contribution in [-0.2, 0) is 4.74 Å². The van der Waals surface area contributed by atoms with E-state index in [1.54, 1.807) is 6.07 Å². The first-order chi connectivity index (χ1) is 12.6. The Labute approximate surface area is 155 Å². The molecule has 1 aromatic rings. The van der Waals surface area contributed by atoms with Crippen LogP contribution >= 0.6 is 0 Å². The molecule has 2 aliphatic rings. The Balaban J connectivity index is 1.52. The van der Waals surface area contributed by atoms with Crippen LogP contribution in [-0.4, -0.2) is 19.8 Å². The van der Waals surface area contributed by atoms with Gasteiger partial charge in [-0.3, -0.25) is 0 Å². The number of hydrogen-bond donors (Lipinski definition) is 0. The van der Waals surface area contributed by atoms with E-state index in [0.717, 1.165) is 45.1 Å². The second-order valence-corrected chi connectivity index (χ2v) is 7.78. The fraction of sp³-hybridized carbons (Fsp3) is 0.636. The van der Waals surface area contributed by atoms with Crippen LogP contribution in [0.1, 0.15) is 62.8 Å². The fourth-order valence-electron chi connectivity index (χ4n) is 4.60. The molecule has 144 valence electrons. The van der Waals surface area contributed by atoms with Crippen LogP contribution in [0.2, 0.25) is 0 Å². The zero-order chi connectivity index (χ0) is 18.5. The van der Waals surface area contributed by atoms with E-state index in [0.29, 0.717) is 23.5 Å². The highest BCUT2D eigenvalue weighted by molar-refractivity contribution is 5.33. The Morgan fingerprint density at radius 3 is 2.50 bits per heavy atom. The molecule has 1 aromatic carbocycles. The summed E-state index contributed by atoms with van der Waals surface area (Å²) in [6.45, 7) is 4.65. The summed E-state index contributed by atoms with van der Waals surface area (Å²) >= 11 is 0. The van der Waals surface area contributed by atoms with E-state index in [1.165, 1.54) is 26.0 Å². The first-order valence-electron chi connectivity index (χ1n) is 9.88. The molecule has 0 radical (unpaired) electrons. The van der Waals surface area contributed by atoms with Gasteiger partial charge in [-0.15, -0.1) is 6.58 Å². The van der Waals surface area contributed by atoms with Crippen LogP contribution in [0, 0.1) is 23.5 Å². The van der Waals surface area contributed by atoms with Crippen molar-refractivity contribution in [3.8, 4) is 5.75 Å². The molecule has 26 heavy (non-hydrogen) atoms. The second kappa shape index (κ2) is 8.98. The third-order valence-corrected chi connectivity index (χ3v) is 6.22. The van der Waals surface area contributed by atoms with Crippen LogP contribution in [0.5, 0.6) is 5.75 Å². The van der Waals surface area contributed by atoms with Crippen molar-refractivity contribution in [2.75, 3.05) is 13.7 Å². The van der Waals surface area contributed by atoms with Crippen molar-refractivity contribution >= 4 is 0 Å². The number of halogens is 2. The van der Waals surface area contributed by atoms with Crippen molar-refractivity contribution in [3.63, 3.8) is 0 Å². The standard InChI is InChI=1S/C22H30F2O2/c1-3-4-5-15-6-12-19(26-14-15)17-9-7-16(8-10-17)18-11-13-20(25-2)22(24)21(18)23/h3,11,13,15-17,19H,1,4-10,12,14H2,2H3. The van der Waals surface area contributed by atoms with Gasteiger partial charge in [0.1, 0.15) is 0 Å². The lowest BCUT2D eigenvalue weighted by molar-refractivity contribution is -0.0573. The Kier molecular flexibility index (Phi) is 6.68. The number of methoxy groups -OCH3 is 1. The van der Waals surface area contributed by atoms with Crippen LogP contribution in [0.3, 0.4) is 0 Å². The minimum Gasteiger partial charge on any atom is -0.494 e. The van der Waals surface area contributed by atoms with Crippen LogP contribution in [0.15, 0.2) is 24.8 Å². The van der Waals surface area contributed by atoms with Crippen molar-refractivity contribution in [2.45, 2.75) is 63.4 Å². The normalized spacial score (nSPS) is 29.3. The minimum absolute atomic E-state index is 0.0263. The molecular weight excluding hydrogens is 334 g/mol. The maximum atomic E-state index is 14.3. The maximum Gasteiger partial charge on any atom is 0.200 e. The number of rotatable bonds is 6. The van der Waals surface area contributed by atoms with Crippen LogP contribution in [0.4, 0.5) is 8.78 Å². The summed E-state index contributed by atoms with van der Waals surface area (Å²) in [6.07, 6.45) is 10.8. The fourth-order valence-corrected chi connectivity index (χ4v) is 4.60. The van der Waals surface area contributed by atoms with E-state index in [-0.39, 0.29) is 11.7 Å². The van der Waals surface area contributed by atoms with E-state index in [4.69, 9.17) is 9.47 Å². The van der Waals surface area contributed by atoms with Crippen LogP contribution < -0.4 is 4.74 Å². The highest BCUT2D eigenvalue weighted by atomic mass is 19.2. The molecular formula is C22H30F2O2. The van der Waals surface area contributed by atoms with Gasteiger partial charge in [-0.05, 0) is 80.8 Å². The van der Waals surface area contributed by atoms with Crippen LogP contribution in [0.25, 0.3) is 0 Å². The molecule has 0 spiro atoms. The first-order valence-corrected chi connectivity index (χ1v) is 9.88. The predicted octanol–water partition coefficient (Wildman–Crippen LogP) is 6.01. The molecule has 1 saturated carbocycles. The van der Waals surface area contributed by atoms with E-state index in [1.807, 2.05) is 6.08 Å². The zero-order valence-electron chi connectivity index (χ0n) is 15.7. The summed E-state index contributed by atoms with van der Waals surface area (Å²) in [5.41, 5.74) is 0.496. The van der Waals surface area contributed by atoms with Gasteiger partial charge in [0, 0.05) is 6.61 Å². The lowest BCUT2D eigenvalue weighted by Gasteiger charge is -2.38. The Morgan fingerprint density at radius 2 is 1.88 bits per heavy atom. The molecule has 1 aliphatic heterocycles. The molecule has 2 fully saturated rings. The summed E-state index contributed by atoms with van der Waals surface area (Å²) in [7, 11) is 1.36. The van der Waals surface area contributed by atoms with Gasteiger partial charge in [0.15, 0.2) is 11.6 Å². The molecule has 2 nitrogen and oxygen atoms in total. The third kappa shape index (κ3) is 4.28. The summed E-state index contributed by atoms with van der Waals surface area (Å²) in [4.78, 5) is 0. The molecule has 3 rings (SSSR count). The summed E-state index contributed by atoms with van der Waals surface area (Å²) in [5, 5.41) is 0. The average Bonchev–Trinajstić information content (AvgIpc) is 2.69. The Morgan fingerprint density at radius 1 is 1.12 bits per heavy atom. The topological polar surface area (TPSA) is 18.5 Å². The van der Waals surface area contributed by atoms with E-state index >= 15 is 0 Å². The molecule has 0 N–H and O–H groups in total. The summed E-state index contributed by atoms with van der Waals surface area (Å²) in [5.74, 6) is -0.327. The molecule has 2 unspecified atom stereocenters. The molecule has 1 heterocycles. The van der Waals surface area contributed by atoms with Crippen molar-refractivity contribution in [3.05, 3.63) is 42.0 Å².